The topological polar surface area (TPSA) is 413 Å². The van der Waals surface area contributed by atoms with Gasteiger partial charge in [-0.15, -0.1) is 0 Å². The number of aliphatic hydroxyl groups is 3. The van der Waals surface area contributed by atoms with Gasteiger partial charge in [0.2, 0.25) is 16.3 Å². The summed E-state index contributed by atoms with van der Waals surface area (Å²) >= 11 is 0. The molecule has 3 aromatic heterocycles. The second kappa shape index (κ2) is 43.1. The quantitative estimate of drug-likeness (QED) is 0.0118. The number of pyridine rings is 3. The zero-order valence-electron chi connectivity index (χ0n) is 61.3. The van der Waals surface area contributed by atoms with E-state index in [1.165, 1.54) is 72.6 Å². The van der Waals surface area contributed by atoms with Gasteiger partial charge < -0.3 is 135 Å². The Balaban J connectivity index is 0.000000385. The number of carbonyl (C=O) groups is 7. The number of aromatic nitrogens is 3. The smallest absolute Gasteiger partial charge is 1.00 e. The molecule has 2 saturated heterocycles. The number of benzene rings is 3. The molecule has 108 heavy (non-hydrogen) atoms. The molecule has 3 aromatic carbocycles. The standard InChI is InChI=1S/C23H24FN3O5.C22H22FN3O5.C19H21FN2O7.C5H11NO.CH2O3.2BrH.2K.Mg.H/c1-12(13-3-5-14(24)6-4-13)25-22(29)17-10-26-11-18-27(15-7-8-16(9-15)32-18)23(30)19(26)21(31-2)20(17)28;1-11(12-2-4-13(23)5-3-12)24-21(29)16-9-25-10-17-26(14-6-7-15(8-14)31-17)22(30)18(25)20(28)19(16)27;1-10(11-4-6-12(20)7-5-11)21-18(26)13-8-22(9-14(23)24)15(19(27)29-3)17(28-2)16(13)25;6-4-1-2-5(7)3-4;2-1-4-3;;;;;;/h3-6,10,12,15-16,18H,7-9,11H2,1-2H3,(H,25,29);2-5,9,11,14-15,17,28H,6-8,10H2,1H3,(H,24,29);4-8,10,14,23-24H,9H2,1-3H3,(H,21,26);4-5,7H,1-3,6H2;1,3H;2*1H;;;;/q;;;;;;;2*+1;+2;-1/p-3/t12-,15-,16+,18+;11-,14-,15+,17+;10-;4-,5+;;;;;;;/m0000......./s1. The van der Waals surface area contributed by atoms with Crippen LogP contribution in [0.5, 0.6) is 17.2 Å². The molecule has 7 aliphatic rings. The third kappa shape index (κ3) is 22.6. The zero-order chi connectivity index (χ0) is 74.8. The van der Waals surface area contributed by atoms with Crippen LogP contribution in [0.1, 0.15) is 177 Å². The van der Waals surface area contributed by atoms with E-state index in [0.29, 0.717) is 23.2 Å². The molecule has 0 unspecified atom stereocenters. The molecule has 3 aliphatic carbocycles. The van der Waals surface area contributed by atoms with Gasteiger partial charge in [0.25, 0.3) is 36.0 Å². The molecule has 30 nitrogen and oxygen atoms in total. The summed E-state index contributed by atoms with van der Waals surface area (Å²) in [4.78, 5) is 130. The largest absolute Gasteiger partial charge is 2.00 e. The minimum atomic E-state index is -1.88. The molecule has 13 rings (SSSR count). The van der Waals surface area contributed by atoms with Crippen molar-refractivity contribution >= 4 is 65.0 Å². The number of fused-ring (bicyclic) bond motifs is 10. The van der Waals surface area contributed by atoms with Crippen LogP contribution in [0.4, 0.5) is 13.2 Å². The number of rotatable bonds is 15. The number of esters is 1. The average Bonchev–Trinajstić information content (AvgIpc) is 1.74. The van der Waals surface area contributed by atoms with Gasteiger partial charge in [0.15, 0.2) is 53.1 Å². The zero-order valence-corrected chi connectivity index (χ0v) is 71.1. The van der Waals surface area contributed by atoms with Crippen molar-refractivity contribution in [2.75, 3.05) is 21.3 Å². The van der Waals surface area contributed by atoms with Crippen molar-refractivity contribution in [3.63, 3.8) is 0 Å². The van der Waals surface area contributed by atoms with Crippen LogP contribution in [0.25, 0.3) is 0 Å². The van der Waals surface area contributed by atoms with Crippen LogP contribution in [0.15, 0.2) is 106 Å². The van der Waals surface area contributed by atoms with Crippen molar-refractivity contribution in [3.05, 3.63) is 190 Å². The second-order valence-corrected chi connectivity index (χ2v) is 25.4. The van der Waals surface area contributed by atoms with E-state index in [2.05, 4.69) is 25.6 Å². The van der Waals surface area contributed by atoms with Crippen LogP contribution in [-0.4, -0.2) is 185 Å². The van der Waals surface area contributed by atoms with E-state index in [1.807, 2.05) is 0 Å². The molecule has 570 valence electrons. The van der Waals surface area contributed by atoms with E-state index in [0.717, 1.165) is 82.8 Å². The van der Waals surface area contributed by atoms with Crippen LogP contribution in [0.3, 0.4) is 0 Å². The number of aliphatic hydroxyl groups excluding tert-OH is 2. The average molecular weight is 1700 g/mol. The van der Waals surface area contributed by atoms with Crippen LogP contribution in [0, 0.1) is 17.5 Å². The molecule has 4 aliphatic heterocycles. The van der Waals surface area contributed by atoms with Crippen molar-refractivity contribution in [1.29, 1.82) is 0 Å². The Bertz CT molecular complexity index is 4350. The second-order valence-electron chi connectivity index (χ2n) is 25.4. The molecule has 7 heterocycles. The number of nitrogens with one attached hydrogen (secondary N) is 3. The molecule has 11 atom stereocenters. The third-order valence-electron chi connectivity index (χ3n) is 18.7. The molecule has 0 spiro atoms. The molecule has 6 aromatic rings. The Morgan fingerprint density at radius 1 is 0.611 bits per heavy atom. The van der Waals surface area contributed by atoms with Crippen molar-refractivity contribution in [2.24, 2.45) is 5.73 Å². The maximum atomic E-state index is 13.3. The van der Waals surface area contributed by atoms with Gasteiger partial charge in [-0.05, 0) is 132 Å². The van der Waals surface area contributed by atoms with Gasteiger partial charge in [0.05, 0.1) is 77.4 Å². The van der Waals surface area contributed by atoms with Gasteiger partial charge in [-0.2, -0.15) is 0 Å². The molecule has 5 amide bonds. The molecular weight excluding hydrogens is 1620 g/mol. The van der Waals surface area contributed by atoms with Gasteiger partial charge in [-0.25, -0.2) is 18.0 Å². The first-order chi connectivity index (χ1) is 49.1. The summed E-state index contributed by atoms with van der Waals surface area (Å²) in [5, 5.41) is 54.4. The monoisotopic (exact) mass is 1700 g/mol. The minimum Gasteiger partial charge on any atom is -1.00 e. The van der Waals surface area contributed by atoms with Gasteiger partial charge >= 0.3 is 132 Å². The summed E-state index contributed by atoms with van der Waals surface area (Å²) in [6.07, 6.45) is 8.84. The first kappa shape index (κ1) is 95.1. The van der Waals surface area contributed by atoms with Crippen molar-refractivity contribution in [2.45, 2.75) is 172 Å². The third-order valence-corrected chi connectivity index (χ3v) is 18.7. The number of hydrogen-bond donors (Lipinski definition) is 8. The van der Waals surface area contributed by atoms with Crippen LogP contribution in [-0.2, 0) is 43.5 Å². The molecular formula is C70H80Br2F3K2MgN9O21. The van der Waals surface area contributed by atoms with Gasteiger partial charge in [-0.3, -0.25) is 43.2 Å². The van der Waals surface area contributed by atoms with E-state index in [-0.39, 0.29) is 262 Å². The summed E-state index contributed by atoms with van der Waals surface area (Å²) in [5.41, 5.74) is 3.90. The predicted octanol–water partition coefficient (Wildman–Crippen LogP) is -9.24. The number of methoxy groups -OCH3 is 3. The predicted molar refractivity (Wildman–Crippen MR) is 360 cm³/mol. The Kier molecular flexibility index (Phi) is 37.9. The van der Waals surface area contributed by atoms with Crippen molar-refractivity contribution < 1.29 is 239 Å². The molecule has 5 fully saturated rings. The first-order valence-corrected chi connectivity index (χ1v) is 32.9. The summed E-state index contributed by atoms with van der Waals surface area (Å²) in [5.74, 6) is -6.34. The fourth-order valence-electron chi connectivity index (χ4n) is 13.5. The number of halogens is 5. The maximum absolute atomic E-state index is 13.3. The minimum absolute atomic E-state index is 0. The number of carbonyl (C=O) groups excluding carboxylic acids is 7. The number of aromatic hydroxyl groups is 1. The SMILES string of the molecule is COC(=O)c1c(OC)c(=O)c(C(=O)N[C@@H](C)c2ccc(F)cc2)cn1CC(O)O.COc1c2n(cc(C(=O)N[C@@H](C)c3ccc(F)cc3)c1=O)C[C@H]1O[C@@H]3CC[C@@H](C3)N1C2=O.C[C@H](NC(=O)c1cn2c(c(O)c1=O)C(=O)N1[C@H]3CC[C@H](C3)O[C@@H]1C2)c1ccc(F)cc1.N[C@H]1CC[C@@H](O)C1.O=CO[O-].[Br-].[Br-].[H-].[K+].[K+].[Mg+2]. The van der Waals surface area contributed by atoms with E-state index in [9.17, 15) is 71.6 Å². The summed E-state index contributed by atoms with van der Waals surface area (Å²) in [6.45, 7) is 4.93. The van der Waals surface area contributed by atoms with Gasteiger partial charge in [0.1, 0.15) is 34.1 Å². The van der Waals surface area contributed by atoms with E-state index in [1.54, 1.807) is 59.4 Å². The Hall–Kier alpha value is -5.29. The first-order valence-electron chi connectivity index (χ1n) is 32.9. The Morgan fingerprint density at radius 3 is 1.34 bits per heavy atom. The molecule has 4 bridgehead atoms. The number of ether oxygens (including phenoxy) is 5. The van der Waals surface area contributed by atoms with E-state index >= 15 is 0 Å². The normalized spacial score (nSPS) is 20.5. The summed E-state index contributed by atoms with van der Waals surface area (Å²) in [6, 6.07) is 15.8. The van der Waals surface area contributed by atoms with E-state index in [4.69, 9.17) is 39.8 Å². The van der Waals surface area contributed by atoms with Gasteiger partial charge in [-0.1, -0.05) is 36.4 Å². The van der Waals surface area contributed by atoms with Crippen molar-refractivity contribution in [1.82, 2.24) is 39.5 Å². The Morgan fingerprint density at radius 2 is 0.991 bits per heavy atom. The van der Waals surface area contributed by atoms with Crippen LogP contribution < -0.4 is 189 Å². The summed E-state index contributed by atoms with van der Waals surface area (Å²) < 4.78 is 70.4. The summed E-state index contributed by atoms with van der Waals surface area (Å²) in [7, 11) is 3.53. The fourth-order valence-corrected chi connectivity index (χ4v) is 13.5. The molecule has 0 radical (unpaired) electrons. The van der Waals surface area contributed by atoms with Crippen LogP contribution in [0.2, 0.25) is 0 Å². The van der Waals surface area contributed by atoms with Gasteiger partial charge in [0, 0.05) is 36.7 Å². The fraction of sp³-hybridized carbons (Fsp3) is 0.429. The molecule has 3 saturated carbocycles. The Labute approximate surface area is 740 Å². The van der Waals surface area contributed by atoms with Crippen LogP contribution >= 0.6 is 0 Å². The number of hydrogen-bond acceptors (Lipinski definition) is 22. The number of amides is 5. The van der Waals surface area contributed by atoms with Crippen molar-refractivity contribution in [3.8, 4) is 17.2 Å². The van der Waals surface area contributed by atoms with E-state index < -0.39 is 112 Å². The maximum Gasteiger partial charge on any atom is 2.00 e. The molecule has 38 heteroatoms. The molecule has 9 N–H and O–H groups in total. The number of nitrogens with zero attached hydrogens (tertiary/aromatic N) is 5. The number of nitrogens with two attached hydrogens (primary N) is 1.